The maximum atomic E-state index is 10.8. The Hall–Kier alpha value is -2.37. The second kappa shape index (κ2) is 4.01. The van der Waals surface area contributed by atoms with Gasteiger partial charge in [-0.15, -0.1) is 0 Å². The zero-order valence-corrected chi connectivity index (χ0v) is 8.51. The minimum absolute atomic E-state index is 0.0728. The van der Waals surface area contributed by atoms with Crippen molar-refractivity contribution in [2.24, 2.45) is 0 Å². The molecule has 82 valence electrons. The molecule has 1 aromatic carbocycles. The molecule has 6 heteroatoms. The summed E-state index contributed by atoms with van der Waals surface area (Å²) in [4.78, 5) is 17.2. The van der Waals surface area contributed by atoms with Gasteiger partial charge in [-0.1, -0.05) is 0 Å². The summed E-state index contributed by atoms with van der Waals surface area (Å²) in [5.74, 6) is 0.825. The van der Waals surface area contributed by atoms with Crippen molar-refractivity contribution in [2.75, 3.05) is 7.11 Å². The van der Waals surface area contributed by atoms with Crippen LogP contribution in [0.3, 0.4) is 0 Å². The molecule has 0 radical (unpaired) electrons. The number of aromatic amines is 1. The lowest BCUT2D eigenvalue weighted by molar-refractivity contribution is -0.385. The van der Waals surface area contributed by atoms with Crippen molar-refractivity contribution in [2.45, 2.75) is 0 Å². The van der Waals surface area contributed by atoms with Crippen LogP contribution in [0.25, 0.3) is 11.4 Å². The minimum Gasteiger partial charge on any atom is -0.490 e. The Morgan fingerprint density at radius 3 is 2.88 bits per heavy atom. The van der Waals surface area contributed by atoms with Crippen LogP contribution in [0.1, 0.15) is 0 Å². The van der Waals surface area contributed by atoms with Gasteiger partial charge in [0.25, 0.3) is 0 Å². The van der Waals surface area contributed by atoms with E-state index in [9.17, 15) is 10.1 Å². The predicted octanol–water partition coefficient (Wildman–Crippen LogP) is 1.99. The smallest absolute Gasteiger partial charge is 0.311 e. The van der Waals surface area contributed by atoms with Gasteiger partial charge in [0.15, 0.2) is 5.75 Å². The van der Waals surface area contributed by atoms with Crippen molar-refractivity contribution in [1.82, 2.24) is 9.97 Å². The molecule has 0 amide bonds. The monoisotopic (exact) mass is 219 g/mol. The maximum absolute atomic E-state index is 10.8. The van der Waals surface area contributed by atoms with Crippen molar-refractivity contribution in [3.05, 3.63) is 40.7 Å². The first-order chi connectivity index (χ1) is 7.72. The number of H-pyrrole nitrogens is 1. The summed E-state index contributed by atoms with van der Waals surface area (Å²) in [6.45, 7) is 0. The molecule has 0 unspecified atom stereocenters. The molecule has 0 saturated heterocycles. The molecule has 1 heterocycles. The van der Waals surface area contributed by atoms with Crippen LogP contribution < -0.4 is 4.74 Å². The minimum atomic E-state index is -0.481. The first kappa shape index (κ1) is 10.2. The number of benzene rings is 1. The topological polar surface area (TPSA) is 81.0 Å². The zero-order chi connectivity index (χ0) is 11.5. The number of rotatable bonds is 3. The molecule has 0 spiro atoms. The highest BCUT2D eigenvalue weighted by Crippen LogP contribution is 2.30. The van der Waals surface area contributed by atoms with Crippen molar-refractivity contribution < 1.29 is 9.66 Å². The Bertz CT molecular complexity index is 508. The second-order valence-corrected chi connectivity index (χ2v) is 3.08. The molecule has 1 N–H and O–H groups in total. The number of imidazole rings is 1. The highest BCUT2D eigenvalue weighted by Gasteiger charge is 2.16. The van der Waals surface area contributed by atoms with E-state index in [0.717, 1.165) is 0 Å². The fourth-order valence-corrected chi connectivity index (χ4v) is 1.40. The summed E-state index contributed by atoms with van der Waals surface area (Å²) in [5.41, 5.74) is 0.578. The molecule has 2 rings (SSSR count). The molecule has 6 nitrogen and oxygen atoms in total. The maximum Gasteiger partial charge on any atom is 0.311 e. The van der Waals surface area contributed by atoms with Crippen molar-refractivity contribution in [3.63, 3.8) is 0 Å². The van der Waals surface area contributed by atoms with E-state index in [-0.39, 0.29) is 11.4 Å². The quantitative estimate of drug-likeness (QED) is 0.632. The summed E-state index contributed by atoms with van der Waals surface area (Å²) < 4.78 is 4.91. The largest absolute Gasteiger partial charge is 0.490 e. The number of nitro groups is 1. The molecule has 0 fully saturated rings. The van der Waals surface area contributed by atoms with Gasteiger partial charge < -0.3 is 9.72 Å². The molecular formula is C10H9N3O3. The molecule has 0 aliphatic carbocycles. The van der Waals surface area contributed by atoms with Crippen LogP contribution in [0.15, 0.2) is 30.6 Å². The summed E-state index contributed by atoms with van der Waals surface area (Å²) in [6, 6.07) is 4.69. The van der Waals surface area contributed by atoms with E-state index in [1.54, 1.807) is 24.5 Å². The van der Waals surface area contributed by atoms with Crippen LogP contribution >= 0.6 is 0 Å². The molecule has 0 atom stereocenters. The molecule has 16 heavy (non-hydrogen) atoms. The number of nitro benzene ring substituents is 1. The Kier molecular flexibility index (Phi) is 2.55. The van der Waals surface area contributed by atoms with Crippen LogP contribution in [-0.4, -0.2) is 22.0 Å². The summed E-state index contributed by atoms with van der Waals surface area (Å²) in [6.07, 6.45) is 3.25. The Labute approximate surface area is 91.0 Å². The Balaban J connectivity index is 2.51. The van der Waals surface area contributed by atoms with Gasteiger partial charge in [0.2, 0.25) is 0 Å². The average molecular weight is 219 g/mol. The third-order valence-corrected chi connectivity index (χ3v) is 2.15. The van der Waals surface area contributed by atoms with Crippen molar-refractivity contribution in [1.29, 1.82) is 0 Å². The lowest BCUT2D eigenvalue weighted by Crippen LogP contribution is -1.94. The standard InChI is InChI=1S/C10H9N3O3/c1-16-9-3-2-7(6-8(9)13(14)15)10-11-4-5-12-10/h2-6H,1H3,(H,11,12). The van der Waals surface area contributed by atoms with Gasteiger partial charge in [-0.3, -0.25) is 10.1 Å². The van der Waals surface area contributed by atoms with Crippen molar-refractivity contribution in [3.8, 4) is 17.1 Å². The van der Waals surface area contributed by atoms with Crippen LogP contribution in [0.4, 0.5) is 5.69 Å². The zero-order valence-electron chi connectivity index (χ0n) is 8.51. The van der Waals surface area contributed by atoms with Crippen LogP contribution in [-0.2, 0) is 0 Å². The second-order valence-electron chi connectivity index (χ2n) is 3.08. The number of nitrogens with zero attached hydrogens (tertiary/aromatic N) is 2. The molecule has 0 saturated carbocycles. The van der Waals surface area contributed by atoms with Gasteiger partial charge >= 0.3 is 5.69 Å². The van der Waals surface area contributed by atoms with E-state index in [1.807, 2.05) is 0 Å². The molecule has 0 aliphatic rings. The van der Waals surface area contributed by atoms with Crippen LogP contribution in [0.2, 0.25) is 0 Å². The van der Waals surface area contributed by atoms with E-state index in [0.29, 0.717) is 11.4 Å². The Morgan fingerprint density at radius 2 is 2.31 bits per heavy atom. The van der Waals surface area contributed by atoms with E-state index in [2.05, 4.69) is 9.97 Å². The van der Waals surface area contributed by atoms with E-state index < -0.39 is 4.92 Å². The van der Waals surface area contributed by atoms with Gasteiger partial charge in [0.1, 0.15) is 5.82 Å². The first-order valence-corrected chi connectivity index (χ1v) is 4.54. The SMILES string of the molecule is COc1ccc(-c2ncc[nH]2)cc1[N+](=O)[O-]. The number of aromatic nitrogens is 2. The van der Waals surface area contributed by atoms with Crippen LogP contribution in [0.5, 0.6) is 5.75 Å². The lowest BCUT2D eigenvalue weighted by atomic mass is 10.2. The molecule has 1 aromatic heterocycles. The fraction of sp³-hybridized carbons (Fsp3) is 0.100. The first-order valence-electron chi connectivity index (χ1n) is 4.54. The van der Waals surface area contributed by atoms with E-state index in [1.165, 1.54) is 13.2 Å². The lowest BCUT2D eigenvalue weighted by Gasteiger charge is -2.02. The molecular weight excluding hydrogens is 210 g/mol. The van der Waals surface area contributed by atoms with Crippen molar-refractivity contribution >= 4 is 5.69 Å². The van der Waals surface area contributed by atoms with Gasteiger partial charge in [-0.05, 0) is 12.1 Å². The number of nitrogens with one attached hydrogen (secondary N) is 1. The van der Waals surface area contributed by atoms with Gasteiger partial charge in [-0.25, -0.2) is 4.98 Å². The highest BCUT2D eigenvalue weighted by atomic mass is 16.6. The highest BCUT2D eigenvalue weighted by molar-refractivity contribution is 5.63. The van der Waals surface area contributed by atoms with Gasteiger partial charge in [0, 0.05) is 24.0 Å². The van der Waals surface area contributed by atoms with E-state index >= 15 is 0 Å². The fourth-order valence-electron chi connectivity index (χ4n) is 1.40. The van der Waals surface area contributed by atoms with Gasteiger partial charge in [0.05, 0.1) is 12.0 Å². The molecule has 0 bridgehead atoms. The van der Waals surface area contributed by atoms with E-state index in [4.69, 9.17) is 4.74 Å². The summed E-state index contributed by atoms with van der Waals surface area (Å²) in [7, 11) is 1.40. The molecule has 2 aromatic rings. The number of hydrogen-bond donors (Lipinski definition) is 1. The summed E-state index contributed by atoms with van der Waals surface area (Å²) in [5, 5.41) is 10.8. The third-order valence-electron chi connectivity index (χ3n) is 2.15. The number of ether oxygens (including phenoxy) is 1. The summed E-state index contributed by atoms with van der Waals surface area (Å²) >= 11 is 0. The Morgan fingerprint density at radius 1 is 1.50 bits per heavy atom. The van der Waals surface area contributed by atoms with Gasteiger partial charge in [-0.2, -0.15) is 0 Å². The van der Waals surface area contributed by atoms with Crippen LogP contribution in [0, 0.1) is 10.1 Å². The average Bonchev–Trinajstić information content (AvgIpc) is 2.81. The third kappa shape index (κ3) is 1.72. The normalized spacial score (nSPS) is 10.1. The molecule has 0 aliphatic heterocycles. The number of hydrogen-bond acceptors (Lipinski definition) is 4. The predicted molar refractivity (Wildman–Crippen MR) is 57.2 cm³/mol. The number of methoxy groups -OCH3 is 1.